The fourth-order valence-corrected chi connectivity index (χ4v) is 2.65. The van der Waals surface area contributed by atoms with Gasteiger partial charge in [-0.05, 0) is 26.0 Å². The molecular formula is C16H23N5O2S. The predicted octanol–water partition coefficient (Wildman–Crippen LogP) is 1.57. The molecule has 8 heteroatoms. The number of nitrogens with one attached hydrogen (secondary N) is 3. The summed E-state index contributed by atoms with van der Waals surface area (Å²) in [5.74, 6) is 0.827. The number of furan rings is 1. The highest BCUT2D eigenvalue weighted by Gasteiger charge is 2.06. The van der Waals surface area contributed by atoms with Crippen LogP contribution in [-0.4, -0.2) is 43.0 Å². The van der Waals surface area contributed by atoms with Gasteiger partial charge in [-0.15, -0.1) is 11.3 Å². The molecular weight excluding hydrogens is 326 g/mol. The third kappa shape index (κ3) is 6.04. The Morgan fingerprint density at radius 1 is 1.33 bits per heavy atom. The number of aromatic nitrogens is 1. The zero-order valence-corrected chi connectivity index (χ0v) is 14.8. The van der Waals surface area contributed by atoms with Crippen LogP contribution >= 0.6 is 11.3 Å². The van der Waals surface area contributed by atoms with Crippen LogP contribution in [0.25, 0.3) is 0 Å². The summed E-state index contributed by atoms with van der Waals surface area (Å²) in [6, 6.07) is 3.32. The van der Waals surface area contributed by atoms with E-state index in [1.165, 1.54) is 6.26 Å². The fraction of sp³-hybridized carbons (Fsp3) is 0.438. The van der Waals surface area contributed by atoms with Crippen molar-refractivity contribution in [2.75, 3.05) is 26.2 Å². The highest BCUT2D eigenvalue weighted by molar-refractivity contribution is 7.09. The number of rotatable bonds is 8. The van der Waals surface area contributed by atoms with Crippen molar-refractivity contribution < 1.29 is 9.21 Å². The zero-order chi connectivity index (χ0) is 17.2. The SMILES string of the molecule is CCNC(=NCCc1csc(C)n1)NCCNC(=O)c1ccco1. The molecule has 0 bridgehead atoms. The van der Waals surface area contributed by atoms with Gasteiger partial charge in [0.05, 0.1) is 17.0 Å². The topological polar surface area (TPSA) is 91.5 Å². The number of aliphatic imine (C=N–C) groups is 1. The van der Waals surface area contributed by atoms with Crippen LogP contribution in [0.4, 0.5) is 0 Å². The fourth-order valence-electron chi connectivity index (χ4n) is 2.00. The van der Waals surface area contributed by atoms with Crippen LogP contribution in [0.1, 0.15) is 28.2 Å². The van der Waals surface area contributed by atoms with E-state index in [0.717, 1.165) is 29.6 Å². The number of hydrogen-bond acceptors (Lipinski definition) is 5. The first-order valence-corrected chi connectivity index (χ1v) is 8.82. The maximum atomic E-state index is 11.7. The maximum absolute atomic E-state index is 11.7. The van der Waals surface area contributed by atoms with Gasteiger partial charge < -0.3 is 20.4 Å². The lowest BCUT2D eigenvalue weighted by Gasteiger charge is -2.11. The average molecular weight is 349 g/mol. The molecule has 2 aromatic heterocycles. The normalized spacial score (nSPS) is 11.3. The molecule has 0 aliphatic carbocycles. The first kappa shape index (κ1) is 18.0. The number of carbonyl (C=O) groups excluding carboxylic acids is 1. The summed E-state index contributed by atoms with van der Waals surface area (Å²) in [4.78, 5) is 20.7. The summed E-state index contributed by atoms with van der Waals surface area (Å²) in [5.41, 5.74) is 1.07. The monoisotopic (exact) mass is 349 g/mol. The van der Waals surface area contributed by atoms with Crippen molar-refractivity contribution in [3.05, 3.63) is 40.2 Å². The Labute approximate surface area is 145 Å². The second-order valence-electron chi connectivity index (χ2n) is 5.03. The number of thiazole rings is 1. The molecule has 3 N–H and O–H groups in total. The highest BCUT2D eigenvalue weighted by Crippen LogP contribution is 2.08. The van der Waals surface area contributed by atoms with E-state index >= 15 is 0 Å². The lowest BCUT2D eigenvalue weighted by atomic mass is 10.3. The number of amides is 1. The Hall–Kier alpha value is -2.35. The van der Waals surface area contributed by atoms with Crippen LogP contribution in [0, 0.1) is 6.92 Å². The minimum absolute atomic E-state index is 0.220. The second-order valence-corrected chi connectivity index (χ2v) is 6.09. The molecule has 0 aliphatic heterocycles. The van der Waals surface area contributed by atoms with Gasteiger partial charge in [0.15, 0.2) is 11.7 Å². The molecule has 2 heterocycles. The molecule has 1 amide bonds. The van der Waals surface area contributed by atoms with Gasteiger partial charge in [0.1, 0.15) is 0 Å². The number of carbonyl (C=O) groups is 1. The van der Waals surface area contributed by atoms with Crippen molar-refractivity contribution in [2.45, 2.75) is 20.3 Å². The summed E-state index contributed by atoms with van der Waals surface area (Å²) < 4.78 is 5.04. The Kier molecular flexibility index (Phi) is 7.28. The molecule has 0 saturated carbocycles. The summed E-state index contributed by atoms with van der Waals surface area (Å²) in [5, 5.41) is 12.3. The third-order valence-electron chi connectivity index (χ3n) is 3.10. The van der Waals surface area contributed by atoms with E-state index in [1.54, 1.807) is 23.5 Å². The van der Waals surface area contributed by atoms with Gasteiger partial charge in [-0.3, -0.25) is 9.79 Å². The molecule has 2 rings (SSSR count). The van der Waals surface area contributed by atoms with Crippen molar-refractivity contribution >= 4 is 23.2 Å². The Bertz CT molecular complexity index is 651. The molecule has 130 valence electrons. The lowest BCUT2D eigenvalue weighted by Crippen LogP contribution is -2.41. The van der Waals surface area contributed by atoms with Gasteiger partial charge in [-0.1, -0.05) is 0 Å². The molecule has 2 aromatic rings. The number of guanidine groups is 1. The van der Waals surface area contributed by atoms with E-state index in [0.29, 0.717) is 25.4 Å². The van der Waals surface area contributed by atoms with E-state index < -0.39 is 0 Å². The van der Waals surface area contributed by atoms with Gasteiger partial charge in [0.2, 0.25) is 0 Å². The number of nitrogens with zero attached hydrogens (tertiary/aromatic N) is 2. The minimum atomic E-state index is -0.220. The molecule has 0 radical (unpaired) electrons. The predicted molar refractivity (Wildman–Crippen MR) is 95.6 cm³/mol. The van der Waals surface area contributed by atoms with E-state index in [4.69, 9.17) is 4.42 Å². The number of hydrogen-bond donors (Lipinski definition) is 3. The van der Waals surface area contributed by atoms with E-state index in [9.17, 15) is 4.79 Å². The second kappa shape index (κ2) is 9.71. The molecule has 0 unspecified atom stereocenters. The molecule has 0 saturated heterocycles. The molecule has 7 nitrogen and oxygen atoms in total. The van der Waals surface area contributed by atoms with Crippen LogP contribution < -0.4 is 16.0 Å². The van der Waals surface area contributed by atoms with Crippen LogP contribution in [0.5, 0.6) is 0 Å². The molecule has 0 aliphatic rings. The third-order valence-corrected chi connectivity index (χ3v) is 3.92. The molecule has 0 atom stereocenters. The van der Waals surface area contributed by atoms with Crippen molar-refractivity contribution in [3.8, 4) is 0 Å². The smallest absolute Gasteiger partial charge is 0.287 e. The molecule has 24 heavy (non-hydrogen) atoms. The summed E-state index contributed by atoms with van der Waals surface area (Å²) >= 11 is 1.65. The molecule has 0 fully saturated rings. The Balaban J connectivity index is 1.70. The standard InChI is InChI=1S/C16H23N5O2S/c1-3-17-16(19-7-6-13-11-24-12(2)21-13)20-9-8-18-15(22)14-5-4-10-23-14/h4-5,10-11H,3,6-9H2,1-2H3,(H,18,22)(H2,17,19,20). The first-order chi connectivity index (χ1) is 11.7. The average Bonchev–Trinajstić information content (AvgIpc) is 3.23. The lowest BCUT2D eigenvalue weighted by molar-refractivity contribution is 0.0926. The van der Waals surface area contributed by atoms with Gasteiger partial charge in [-0.25, -0.2) is 4.98 Å². The van der Waals surface area contributed by atoms with Gasteiger partial charge in [0, 0.05) is 38.0 Å². The molecule has 0 aromatic carbocycles. The Morgan fingerprint density at radius 3 is 2.83 bits per heavy atom. The van der Waals surface area contributed by atoms with Crippen LogP contribution in [0.3, 0.4) is 0 Å². The van der Waals surface area contributed by atoms with Crippen molar-refractivity contribution in [2.24, 2.45) is 4.99 Å². The van der Waals surface area contributed by atoms with E-state index in [-0.39, 0.29) is 5.91 Å². The van der Waals surface area contributed by atoms with Crippen molar-refractivity contribution in [1.82, 2.24) is 20.9 Å². The van der Waals surface area contributed by atoms with Gasteiger partial charge in [-0.2, -0.15) is 0 Å². The quantitative estimate of drug-likeness (QED) is 0.382. The van der Waals surface area contributed by atoms with Crippen molar-refractivity contribution in [1.29, 1.82) is 0 Å². The minimum Gasteiger partial charge on any atom is -0.459 e. The molecule has 0 spiro atoms. The Morgan fingerprint density at radius 2 is 2.17 bits per heavy atom. The summed E-state index contributed by atoms with van der Waals surface area (Å²) in [7, 11) is 0. The summed E-state index contributed by atoms with van der Waals surface area (Å²) in [6.45, 7) is 6.51. The first-order valence-electron chi connectivity index (χ1n) is 7.94. The van der Waals surface area contributed by atoms with E-state index in [2.05, 4.69) is 31.3 Å². The number of aryl methyl sites for hydroxylation is 1. The highest BCUT2D eigenvalue weighted by atomic mass is 32.1. The van der Waals surface area contributed by atoms with Crippen LogP contribution in [0.15, 0.2) is 33.2 Å². The summed E-state index contributed by atoms with van der Waals surface area (Å²) in [6.07, 6.45) is 2.29. The van der Waals surface area contributed by atoms with Crippen LogP contribution in [0.2, 0.25) is 0 Å². The van der Waals surface area contributed by atoms with Gasteiger partial charge >= 0.3 is 0 Å². The van der Waals surface area contributed by atoms with E-state index in [1.807, 2.05) is 13.8 Å². The zero-order valence-electron chi connectivity index (χ0n) is 14.0. The largest absolute Gasteiger partial charge is 0.459 e. The maximum Gasteiger partial charge on any atom is 0.287 e. The van der Waals surface area contributed by atoms with Gasteiger partial charge in [0.25, 0.3) is 5.91 Å². The van der Waals surface area contributed by atoms with Crippen LogP contribution in [-0.2, 0) is 6.42 Å². The van der Waals surface area contributed by atoms with Crippen molar-refractivity contribution in [3.63, 3.8) is 0 Å².